The maximum absolute atomic E-state index is 5.54. The van der Waals surface area contributed by atoms with Gasteiger partial charge in [0.1, 0.15) is 0 Å². The molecule has 4 saturated carbocycles. The van der Waals surface area contributed by atoms with Crippen LogP contribution < -0.4 is 0 Å². The lowest BCUT2D eigenvalue weighted by Gasteiger charge is -2.33. The van der Waals surface area contributed by atoms with Gasteiger partial charge in [0.25, 0.3) is 0 Å². The molecule has 0 aromatic rings. The van der Waals surface area contributed by atoms with Gasteiger partial charge >= 0.3 is 0 Å². The number of unbranched alkanes of at least 4 members (excludes halogenated alkanes) is 2. The molecule has 0 amide bonds. The van der Waals surface area contributed by atoms with Crippen LogP contribution >= 0.6 is 0 Å². The summed E-state index contributed by atoms with van der Waals surface area (Å²) in [5.74, 6) is 3.82. The van der Waals surface area contributed by atoms with E-state index in [2.05, 4.69) is 55.0 Å². The van der Waals surface area contributed by atoms with Crippen molar-refractivity contribution in [3.05, 3.63) is 25.2 Å². The molecule has 282 valence electrons. The highest BCUT2D eigenvalue weighted by molar-refractivity contribution is 5.07. The Kier molecular flexibility index (Phi) is 20.4. The van der Waals surface area contributed by atoms with Crippen LogP contribution in [0.25, 0.3) is 0 Å². The molecule has 0 spiro atoms. The van der Waals surface area contributed by atoms with Gasteiger partial charge in [-0.2, -0.15) is 0 Å². The van der Waals surface area contributed by atoms with Crippen molar-refractivity contribution < 1.29 is 28.4 Å². The molecule has 8 aliphatic rings. The highest BCUT2D eigenvalue weighted by atomic mass is 16.6. The van der Waals surface area contributed by atoms with Gasteiger partial charge in [0.15, 0.2) is 0 Å². The SMILES string of the molecule is C1CC2CC1C1OC21.C=COCCCC.CC.CC1(C)COC1.CC1CCC2(C)OC2C1.CC1CCC2OC2C1.CC=COCCCC. The first kappa shape index (κ1) is 43.1. The van der Waals surface area contributed by atoms with E-state index < -0.39 is 0 Å². The van der Waals surface area contributed by atoms with Crippen LogP contribution in [0.2, 0.25) is 0 Å². The lowest BCUT2D eigenvalue weighted by atomic mass is 9.84. The van der Waals surface area contributed by atoms with E-state index in [4.69, 9.17) is 28.4 Å². The van der Waals surface area contributed by atoms with E-state index in [0.717, 1.165) is 75.1 Å². The van der Waals surface area contributed by atoms with Crippen LogP contribution in [0.3, 0.4) is 0 Å². The van der Waals surface area contributed by atoms with Crippen molar-refractivity contribution in [2.24, 2.45) is 29.1 Å². The second-order valence-corrected chi connectivity index (χ2v) is 16.1. The molecular weight excluding hydrogens is 600 g/mol. The van der Waals surface area contributed by atoms with Gasteiger partial charge in [0.05, 0.1) is 75.1 Å². The Balaban J connectivity index is 0.000000199. The summed E-state index contributed by atoms with van der Waals surface area (Å²) in [7, 11) is 0. The van der Waals surface area contributed by atoms with Crippen LogP contribution in [0.1, 0.15) is 153 Å². The molecule has 2 bridgehead atoms. The van der Waals surface area contributed by atoms with Crippen molar-refractivity contribution in [3.63, 3.8) is 0 Å². The molecule has 10 atom stereocenters. The number of fused-ring (bicyclic) bond motifs is 7. The molecule has 8 rings (SSSR count). The number of hydrogen-bond acceptors (Lipinski definition) is 6. The first-order valence-corrected chi connectivity index (χ1v) is 20.1. The second-order valence-electron chi connectivity index (χ2n) is 16.1. The highest BCUT2D eigenvalue weighted by Crippen LogP contribution is 2.56. The van der Waals surface area contributed by atoms with E-state index in [-0.39, 0.29) is 0 Å². The van der Waals surface area contributed by atoms with Crippen molar-refractivity contribution >= 4 is 0 Å². The van der Waals surface area contributed by atoms with Gasteiger partial charge < -0.3 is 28.4 Å². The summed E-state index contributed by atoms with van der Waals surface area (Å²) in [5.41, 5.74) is 0.826. The predicted molar refractivity (Wildman–Crippen MR) is 200 cm³/mol. The molecule has 4 aliphatic carbocycles. The molecule has 0 N–H and O–H groups in total. The van der Waals surface area contributed by atoms with Gasteiger partial charge in [0.2, 0.25) is 0 Å². The third-order valence-corrected chi connectivity index (χ3v) is 10.6. The molecule has 8 fully saturated rings. The largest absolute Gasteiger partial charge is 0.502 e. The lowest BCUT2D eigenvalue weighted by Crippen LogP contribution is -2.36. The lowest BCUT2D eigenvalue weighted by molar-refractivity contribution is -0.0892. The molecule has 48 heavy (non-hydrogen) atoms. The molecule has 4 saturated heterocycles. The average Bonchev–Trinajstić information content (AvgIpc) is 4.03. The summed E-state index contributed by atoms with van der Waals surface area (Å²) >= 11 is 0. The summed E-state index contributed by atoms with van der Waals surface area (Å²) in [6.45, 7) is 28.5. The standard InChI is InChI=1S/C8H14O.C7H10O.C7H12O.C7H14O.C6H12O.C5H10O.C2H6/c1-6-3-4-8(2)7(5-6)9-8;1-2-5-3-4(1)6-7(5)8-6;1-5-2-3-6-7(4-5)8-6;1-3-5-7-8-6-4-2;1-3-5-6-7-4-2;1-5(2)3-6-4-5;1-2/h6-7H,3-5H2,1-2H3;4-7H,1-3H2;5-7H,2-4H2,1H3;4,6H,3,5,7H2,1-2H3;4H,2-3,5-6H2,1H3;3-4H2,1-2H3;1-2H3. The van der Waals surface area contributed by atoms with E-state index in [1.165, 1.54) is 76.9 Å². The van der Waals surface area contributed by atoms with E-state index in [0.29, 0.717) is 29.3 Å². The zero-order valence-electron chi connectivity index (χ0n) is 33.1. The van der Waals surface area contributed by atoms with Crippen molar-refractivity contribution in [2.45, 2.75) is 189 Å². The quantitative estimate of drug-likeness (QED) is 0.145. The third-order valence-electron chi connectivity index (χ3n) is 10.6. The Hall–Kier alpha value is -1.08. The number of rotatable bonds is 8. The molecule has 4 aliphatic heterocycles. The monoisotopic (exact) mass is 679 g/mol. The second kappa shape index (κ2) is 22.7. The summed E-state index contributed by atoms with van der Waals surface area (Å²) in [6, 6.07) is 0. The predicted octanol–water partition coefficient (Wildman–Crippen LogP) is 11.1. The van der Waals surface area contributed by atoms with Crippen molar-refractivity contribution in [2.75, 3.05) is 26.4 Å². The number of allylic oxidation sites excluding steroid dienone is 1. The minimum Gasteiger partial charge on any atom is -0.502 e. The van der Waals surface area contributed by atoms with E-state index in [1.54, 1.807) is 6.26 Å². The van der Waals surface area contributed by atoms with E-state index in [9.17, 15) is 0 Å². The van der Waals surface area contributed by atoms with Crippen molar-refractivity contribution in [1.29, 1.82) is 0 Å². The minimum atomic E-state index is 0.326. The molecule has 6 nitrogen and oxygen atoms in total. The van der Waals surface area contributed by atoms with Gasteiger partial charge in [-0.15, -0.1) is 0 Å². The minimum absolute atomic E-state index is 0.326. The van der Waals surface area contributed by atoms with E-state index in [1.807, 2.05) is 26.8 Å². The fourth-order valence-corrected chi connectivity index (χ4v) is 7.19. The average molecular weight is 679 g/mol. The summed E-state index contributed by atoms with van der Waals surface area (Å²) in [6.07, 6.45) is 25.7. The number of hydrogen-bond donors (Lipinski definition) is 0. The third kappa shape index (κ3) is 16.3. The maximum atomic E-state index is 5.54. The Bertz CT molecular complexity index is 854. The van der Waals surface area contributed by atoms with Gasteiger partial charge in [-0.3, -0.25) is 0 Å². The van der Waals surface area contributed by atoms with Crippen molar-refractivity contribution in [3.8, 4) is 0 Å². The van der Waals surface area contributed by atoms with Crippen LogP contribution in [0.15, 0.2) is 25.2 Å². The summed E-state index contributed by atoms with van der Waals surface area (Å²) < 4.78 is 31.1. The van der Waals surface area contributed by atoms with Crippen LogP contribution in [-0.4, -0.2) is 62.5 Å². The highest BCUT2D eigenvalue weighted by Gasteiger charge is 2.59. The van der Waals surface area contributed by atoms with Crippen LogP contribution in [0, 0.1) is 29.1 Å². The molecule has 0 radical (unpaired) electrons. The molecular formula is C42H78O6. The van der Waals surface area contributed by atoms with Gasteiger partial charge in [0, 0.05) is 5.41 Å². The first-order valence-electron chi connectivity index (χ1n) is 20.1. The summed E-state index contributed by atoms with van der Waals surface area (Å²) in [5, 5.41) is 0. The normalized spacial score (nSPS) is 37.1. The van der Waals surface area contributed by atoms with Crippen LogP contribution in [0.5, 0.6) is 0 Å². The maximum Gasteiger partial charge on any atom is 0.0920 e. The molecule has 4 heterocycles. The van der Waals surface area contributed by atoms with Crippen molar-refractivity contribution in [1.82, 2.24) is 0 Å². The topological polar surface area (TPSA) is 65.3 Å². The first-order chi connectivity index (χ1) is 23.1. The Morgan fingerprint density at radius 2 is 1.33 bits per heavy atom. The zero-order valence-corrected chi connectivity index (χ0v) is 33.1. The molecule has 6 heteroatoms. The van der Waals surface area contributed by atoms with E-state index >= 15 is 0 Å². The van der Waals surface area contributed by atoms with Gasteiger partial charge in [-0.1, -0.05) is 80.9 Å². The summed E-state index contributed by atoms with van der Waals surface area (Å²) in [4.78, 5) is 0. The molecule has 0 aromatic heterocycles. The smallest absolute Gasteiger partial charge is 0.0920 e. The molecule has 10 unspecified atom stereocenters. The van der Waals surface area contributed by atoms with Gasteiger partial charge in [-0.25, -0.2) is 0 Å². The van der Waals surface area contributed by atoms with Crippen LogP contribution in [-0.2, 0) is 28.4 Å². The fourth-order valence-electron chi connectivity index (χ4n) is 7.19. The molecule has 0 aromatic carbocycles. The fraction of sp³-hybridized carbons (Fsp3) is 0.905. The Morgan fingerprint density at radius 1 is 0.750 bits per heavy atom. The number of epoxide rings is 3. The Morgan fingerprint density at radius 3 is 1.73 bits per heavy atom. The zero-order chi connectivity index (χ0) is 35.6. The van der Waals surface area contributed by atoms with Crippen LogP contribution in [0.4, 0.5) is 0 Å². The van der Waals surface area contributed by atoms with Gasteiger partial charge in [-0.05, 0) is 108 Å². The number of ether oxygens (including phenoxy) is 6. The Labute approximate surface area is 297 Å².